The van der Waals surface area contributed by atoms with Crippen LogP contribution in [0.4, 0.5) is 20.4 Å². The second-order valence-electron chi connectivity index (χ2n) is 5.97. The van der Waals surface area contributed by atoms with E-state index < -0.39 is 6.61 Å². The molecule has 1 aliphatic heterocycles. The molecule has 3 aromatic rings. The minimum absolute atomic E-state index is 0.208. The first-order chi connectivity index (χ1) is 12.7. The molecule has 138 valence electrons. The fourth-order valence-electron chi connectivity index (χ4n) is 2.85. The monoisotopic (exact) mass is 365 g/mol. The Labute approximate surface area is 146 Å². The number of nitrogens with zero attached hydrogens (tertiary/aromatic N) is 5. The smallest absolute Gasteiger partial charge is 0.388 e. The predicted molar refractivity (Wildman–Crippen MR) is 87.4 cm³/mol. The molecule has 11 heteroatoms. The summed E-state index contributed by atoms with van der Waals surface area (Å²) in [5.41, 5.74) is 1.34. The zero-order valence-corrected chi connectivity index (χ0v) is 13.7. The third-order valence-corrected chi connectivity index (χ3v) is 4.15. The molecule has 1 saturated heterocycles. The van der Waals surface area contributed by atoms with Crippen molar-refractivity contribution >= 4 is 22.8 Å². The van der Waals surface area contributed by atoms with Gasteiger partial charge < -0.3 is 14.8 Å². The lowest BCUT2D eigenvalue weighted by Gasteiger charge is -2.08. The average molecular weight is 365 g/mol. The lowest BCUT2D eigenvalue weighted by Crippen LogP contribution is -2.08. The van der Waals surface area contributed by atoms with Crippen LogP contribution in [0.2, 0.25) is 0 Å². The minimum atomic E-state index is -2.93. The first-order valence-electron chi connectivity index (χ1n) is 8.21. The highest BCUT2D eigenvalue weighted by Crippen LogP contribution is 2.21. The maximum atomic E-state index is 12.2. The number of aromatic amines is 1. The molecule has 0 saturated carbocycles. The summed E-state index contributed by atoms with van der Waals surface area (Å²) in [7, 11) is 0. The van der Waals surface area contributed by atoms with Crippen molar-refractivity contribution in [3.05, 3.63) is 18.5 Å². The summed E-state index contributed by atoms with van der Waals surface area (Å²) in [6.07, 6.45) is 5.24. The molecule has 0 aliphatic carbocycles. The van der Waals surface area contributed by atoms with Crippen molar-refractivity contribution in [1.82, 2.24) is 29.9 Å². The number of ether oxygens (including phenoxy) is 2. The Morgan fingerprint density at radius 2 is 2.35 bits per heavy atom. The molecule has 0 aromatic carbocycles. The van der Waals surface area contributed by atoms with E-state index in [-0.39, 0.29) is 5.88 Å². The van der Waals surface area contributed by atoms with Crippen LogP contribution in [0.1, 0.15) is 12.8 Å². The van der Waals surface area contributed by atoms with Crippen LogP contribution in [-0.4, -0.2) is 49.8 Å². The number of nitrogens with one attached hydrogen (secondary N) is 2. The highest BCUT2D eigenvalue weighted by molar-refractivity contribution is 5.71. The Morgan fingerprint density at radius 1 is 1.42 bits per heavy atom. The standard InChI is InChI=1S/C15H17F2N7O2/c16-15(17)26-13-5-11(22-23-13)20-12-7-18-10-6-19-24(14(10)21-12)3-1-9-2-4-25-8-9/h5-7,9,15H,1-4,8H2,(H2,20,21,22,23)/t9-/m0/s1. The van der Waals surface area contributed by atoms with Gasteiger partial charge in [-0.05, 0) is 18.8 Å². The summed E-state index contributed by atoms with van der Waals surface area (Å²) in [5, 5.41) is 13.5. The predicted octanol–water partition coefficient (Wildman–Crippen LogP) is 2.32. The van der Waals surface area contributed by atoms with E-state index in [0.717, 1.165) is 32.6 Å². The Morgan fingerprint density at radius 3 is 3.15 bits per heavy atom. The number of aromatic nitrogens is 6. The fraction of sp³-hybridized carbons (Fsp3) is 0.467. The van der Waals surface area contributed by atoms with Gasteiger partial charge in [0, 0.05) is 25.8 Å². The zero-order chi connectivity index (χ0) is 17.9. The minimum Gasteiger partial charge on any atom is -0.415 e. The molecule has 4 heterocycles. The lowest BCUT2D eigenvalue weighted by molar-refractivity contribution is -0.0528. The summed E-state index contributed by atoms with van der Waals surface area (Å²) in [6.45, 7) is -0.589. The average Bonchev–Trinajstić information content (AvgIpc) is 3.34. The second kappa shape index (κ2) is 7.20. The van der Waals surface area contributed by atoms with E-state index in [9.17, 15) is 8.78 Å². The van der Waals surface area contributed by atoms with Crippen molar-refractivity contribution in [1.29, 1.82) is 0 Å². The van der Waals surface area contributed by atoms with E-state index in [2.05, 4.69) is 35.3 Å². The van der Waals surface area contributed by atoms with Crippen LogP contribution in [0.15, 0.2) is 18.5 Å². The number of H-pyrrole nitrogens is 1. The topological polar surface area (TPSA) is 103 Å². The number of hydrogen-bond acceptors (Lipinski definition) is 7. The molecule has 3 aromatic heterocycles. The normalized spacial score (nSPS) is 17.3. The Hall–Kier alpha value is -2.82. The van der Waals surface area contributed by atoms with E-state index in [1.54, 1.807) is 6.20 Å². The molecule has 0 bridgehead atoms. The molecule has 4 rings (SSSR count). The molecular formula is C15H17F2N7O2. The molecule has 9 nitrogen and oxygen atoms in total. The molecule has 0 amide bonds. The van der Waals surface area contributed by atoms with Gasteiger partial charge in [0.05, 0.1) is 12.4 Å². The van der Waals surface area contributed by atoms with Crippen LogP contribution < -0.4 is 10.1 Å². The van der Waals surface area contributed by atoms with Crippen LogP contribution >= 0.6 is 0 Å². The Balaban J connectivity index is 1.47. The number of hydrogen-bond donors (Lipinski definition) is 2. The third-order valence-electron chi connectivity index (χ3n) is 4.15. The molecule has 0 radical (unpaired) electrons. The third kappa shape index (κ3) is 3.72. The summed E-state index contributed by atoms with van der Waals surface area (Å²) in [5.74, 6) is 1.14. The lowest BCUT2D eigenvalue weighted by atomic mass is 10.1. The molecule has 2 N–H and O–H groups in total. The number of halogens is 2. The second-order valence-corrected chi connectivity index (χ2v) is 5.97. The number of fused-ring (bicyclic) bond motifs is 1. The van der Waals surface area contributed by atoms with E-state index >= 15 is 0 Å². The van der Waals surface area contributed by atoms with Crippen molar-refractivity contribution in [3.8, 4) is 5.88 Å². The molecular weight excluding hydrogens is 348 g/mol. The largest absolute Gasteiger partial charge is 0.415 e. The van der Waals surface area contributed by atoms with Crippen LogP contribution in [0.3, 0.4) is 0 Å². The molecule has 1 atom stereocenters. The van der Waals surface area contributed by atoms with E-state index in [1.165, 1.54) is 12.3 Å². The summed E-state index contributed by atoms with van der Waals surface area (Å²) in [6, 6.07) is 1.31. The van der Waals surface area contributed by atoms with Gasteiger partial charge in [0.1, 0.15) is 11.3 Å². The van der Waals surface area contributed by atoms with Crippen molar-refractivity contribution in [2.75, 3.05) is 18.5 Å². The first kappa shape index (κ1) is 16.6. The molecule has 26 heavy (non-hydrogen) atoms. The van der Waals surface area contributed by atoms with E-state index in [1.807, 2.05) is 4.68 Å². The SMILES string of the molecule is FC(F)Oc1cc(Nc2cnc3cnn(CC[C@H]4CCOC4)c3n2)[nH]n1. The highest BCUT2D eigenvalue weighted by Gasteiger charge is 2.16. The van der Waals surface area contributed by atoms with Crippen LogP contribution in [-0.2, 0) is 11.3 Å². The van der Waals surface area contributed by atoms with Gasteiger partial charge in [-0.15, -0.1) is 5.10 Å². The summed E-state index contributed by atoms with van der Waals surface area (Å²) in [4.78, 5) is 8.82. The van der Waals surface area contributed by atoms with Crippen LogP contribution in [0.5, 0.6) is 5.88 Å². The first-order valence-corrected chi connectivity index (χ1v) is 8.21. The van der Waals surface area contributed by atoms with Crippen molar-refractivity contribution < 1.29 is 18.3 Å². The summed E-state index contributed by atoms with van der Waals surface area (Å²) < 4.78 is 35.8. The van der Waals surface area contributed by atoms with Gasteiger partial charge in [0.2, 0.25) is 5.88 Å². The van der Waals surface area contributed by atoms with Crippen LogP contribution in [0.25, 0.3) is 11.2 Å². The highest BCUT2D eigenvalue weighted by atomic mass is 19.3. The van der Waals surface area contributed by atoms with Crippen molar-refractivity contribution in [3.63, 3.8) is 0 Å². The molecule has 1 aliphatic rings. The molecule has 0 unspecified atom stereocenters. The van der Waals surface area contributed by atoms with Gasteiger partial charge in [-0.1, -0.05) is 0 Å². The van der Waals surface area contributed by atoms with Gasteiger partial charge in [-0.3, -0.25) is 5.10 Å². The van der Waals surface area contributed by atoms with Gasteiger partial charge in [-0.25, -0.2) is 14.6 Å². The number of alkyl halides is 2. The maximum absolute atomic E-state index is 12.2. The molecule has 0 spiro atoms. The Kier molecular flexibility index (Phi) is 4.61. The van der Waals surface area contributed by atoms with Crippen molar-refractivity contribution in [2.45, 2.75) is 26.0 Å². The van der Waals surface area contributed by atoms with E-state index in [0.29, 0.717) is 28.7 Å². The summed E-state index contributed by atoms with van der Waals surface area (Å²) >= 11 is 0. The van der Waals surface area contributed by atoms with Gasteiger partial charge >= 0.3 is 6.61 Å². The molecule has 1 fully saturated rings. The number of rotatable bonds is 7. The van der Waals surface area contributed by atoms with Gasteiger partial charge in [-0.2, -0.15) is 13.9 Å². The van der Waals surface area contributed by atoms with Gasteiger partial charge in [0.15, 0.2) is 11.5 Å². The van der Waals surface area contributed by atoms with Gasteiger partial charge in [0.25, 0.3) is 0 Å². The number of aryl methyl sites for hydroxylation is 1. The van der Waals surface area contributed by atoms with Crippen LogP contribution in [0, 0.1) is 5.92 Å². The maximum Gasteiger partial charge on any atom is 0.388 e. The van der Waals surface area contributed by atoms with E-state index in [4.69, 9.17) is 4.74 Å². The quantitative estimate of drug-likeness (QED) is 0.662. The fourth-order valence-corrected chi connectivity index (χ4v) is 2.85. The number of anilines is 2. The zero-order valence-electron chi connectivity index (χ0n) is 13.7. The van der Waals surface area contributed by atoms with Crippen molar-refractivity contribution in [2.24, 2.45) is 5.92 Å². The Bertz CT molecular complexity index is 876.